The van der Waals surface area contributed by atoms with Crippen molar-refractivity contribution in [2.24, 2.45) is 0 Å². The van der Waals surface area contributed by atoms with E-state index in [2.05, 4.69) is 10.6 Å². The molecule has 0 aliphatic heterocycles. The number of para-hydroxylation sites is 2. The number of aliphatic carboxylic acids is 1. The molecule has 0 aliphatic carbocycles. The Morgan fingerprint density at radius 2 is 1.56 bits per heavy atom. The Balaban J connectivity index is 1.39. The average Bonchev–Trinajstić information content (AvgIpc) is 3.00. The molecule has 0 spiro atoms. The van der Waals surface area contributed by atoms with E-state index in [1.54, 1.807) is 24.3 Å². The molecule has 0 aliphatic rings. The van der Waals surface area contributed by atoms with Crippen molar-refractivity contribution in [3.8, 4) is 22.6 Å². The van der Waals surface area contributed by atoms with Crippen molar-refractivity contribution >= 4 is 46.5 Å². The third kappa shape index (κ3) is 7.52. The first-order valence-electron chi connectivity index (χ1n) is 13.2. The molecule has 0 heterocycles. The lowest BCUT2D eigenvalue weighted by Crippen LogP contribution is -2.30. The largest absolute Gasteiger partial charge is 0.481 e. The Morgan fingerprint density at radius 3 is 2.28 bits per heavy atom. The van der Waals surface area contributed by atoms with Crippen LogP contribution in [0.5, 0.6) is 11.5 Å². The van der Waals surface area contributed by atoms with E-state index in [0.717, 1.165) is 11.1 Å². The number of carboxylic acids is 1. The number of carbonyl (C=O) groups is 2. The first-order valence-corrected chi connectivity index (χ1v) is 14.0. The Kier molecular flexibility index (Phi) is 9.25. The molecule has 1 unspecified atom stereocenters. The third-order valence-corrected chi connectivity index (χ3v) is 7.12. The van der Waals surface area contributed by atoms with Crippen LogP contribution < -0.4 is 15.4 Å². The van der Waals surface area contributed by atoms with Crippen molar-refractivity contribution in [1.82, 2.24) is 5.32 Å². The van der Waals surface area contributed by atoms with Gasteiger partial charge in [0.05, 0.1) is 28.7 Å². The maximum Gasteiger partial charge on any atom is 0.305 e. The first kappa shape index (κ1) is 29.6. The van der Waals surface area contributed by atoms with E-state index >= 15 is 0 Å². The fourth-order valence-corrected chi connectivity index (χ4v) is 4.86. The van der Waals surface area contributed by atoms with Crippen molar-refractivity contribution in [2.45, 2.75) is 12.5 Å². The highest BCUT2D eigenvalue weighted by molar-refractivity contribution is 6.31. The maximum absolute atomic E-state index is 13.6. The van der Waals surface area contributed by atoms with Crippen LogP contribution in [0.15, 0.2) is 115 Å². The summed E-state index contributed by atoms with van der Waals surface area (Å²) in [5.74, 6) is -0.832. The standard InChI is InChI=1S/C34H25Cl2FN2O4/c35-23-14-17-30(38-24-15-16-29(37)28(36)19-24)27(18-23)34(42)39-31(20-33(40)41)22-12-10-21(11-13-22)26-8-4-5-9-32(26)43-25-6-2-1-3-7-25/h1-19,31,38H,20H2,(H,39,42)(H,40,41). The quantitative estimate of drug-likeness (QED) is 0.146. The molecule has 0 bridgehead atoms. The van der Waals surface area contributed by atoms with Crippen LogP contribution in [0.2, 0.25) is 10.0 Å². The highest BCUT2D eigenvalue weighted by Gasteiger charge is 2.22. The Hall–Kier alpha value is -4.85. The minimum absolute atomic E-state index is 0.0795. The molecule has 5 aromatic rings. The van der Waals surface area contributed by atoms with Gasteiger partial charge in [-0.05, 0) is 65.7 Å². The number of halogens is 3. The number of benzene rings is 5. The summed E-state index contributed by atoms with van der Waals surface area (Å²) in [4.78, 5) is 25.3. The number of rotatable bonds is 10. The van der Waals surface area contributed by atoms with Crippen LogP contribution in [0.4, 0.5) is 15.8 Å². The molecule has 3 N–H and O–H groups in total. The number of amides is 1. The zero-order valence-corrected chi connectivity index (χ0v) is 24.1. The van der Waals surface area contributed by atoms with Crippen molar-refractivity contribution in [1.29, 1.82) is 0 Å². The summed E-state index contributed by atoms with van der Waals surface area (Å²) in [6.45, 7) is 0. The molecule has 0 fully saturated rings. The lowest BCUT2D eigenvalue weighted by Gasteiger charge is -2.20. The Labute approximate surface area is 257 Å². The minimum Gasteiger partial charge on any atom is -0.481 e. The van der Waals surface area contributed by atoms with Crippen molar-refractivity contribution < 1.29 is 23.8 Å². The normalized spacial score (nSPS) is 11.4. The molecule has 6 nitrogen and oxygen atoms in total. The summed E-state index contributed by atoms with van der Waals surface area (Å²) < 4.78 is 19.7. The first-order chi connectivity index (χ1) is 20.8. The summed E-state index contributed by atoms with van der Waals surface area (Å²) in [5.41, 5.74) is 3.32. The van der Waals surface area contributed by atoms with E-state index in [0.29, 0.717) is 33.5 Å². The van der Waals surface area contributed by atoms with E-state index in [4.69, 9.17) is 27.9 Å². The van der Waals surface area contributed by atoms with Crippen LogP contribution in [0, 0.1) is 5.82 Å². The van der Waals surface area contributed by atoms with E-state index in [1.165, 1.54) is 24.3 Å². The van der Waals surface area contributed by atoms with Crippen molar-refractivity contribution in [3.05, 3.63) is 142 Å². The van der Waals surface area contributed by atoms with Gasteiger partial charge in [0, 0.05) is 16.3 Å². The SMILES string of the molecule is O=C(O)CC(NC(=O)c1cc(Cl)ccc1Nc1ccc(F)c(Cl)c1)c1ccc(-c2ccccc2Oc2ccccc2)cc1. The van der Waals surface area contributed by atoms with Crippen molar-refractivity contribution in [3.63, 3.8) is 0 Å². The van der Waals surface area contributed by atoms with Gasteiger partial charge in [-0.15, -0.1) is 0 Å². The van der Waals surface area contributed by atoms with Gasteiger partial charge in [-0.25, -0.2) is 4.39 Å². The van der Waals surface area contributed by atoms with E-state index in [1.807, 2.05) is 66.7 Å². The molecule has 9 heteroatoms. The van der Waals surface area contributed by atoms with Gasteiger partial charge < -0.3 is 20.5 Å². The fraction of sp³-hybridized carbons (Fsp3) is 0.0588. The second-order valence-electron chi connectivity index (χ2n) is 9.60. The molecule has 5 rings (SSSR count). The summed E-state index contributed by atoms with van der Waals surface area (Å²) in [5, 5.41) is 15.7. The molecular formula is C34H25Cl2FN2O4. The number of ether oxygens (including phenoxy) is 1. The number of hydrogen-bond donors (Lipinski definition) is 3. The van der Waals surface area contributed by atoms with Crippen LogP contribution in [-0.4, -0.2) is 17.0 Å². The lowest BCUT2D eigenvalue weighted by atomic mass is 9.98. The molecule has 1 amide bonds. The highest BCUT2D eigenvalue weighted by atomic mass is 35.5. The summed E-state index contributed by atoms with van der Waals surface area (Å²) in [6, 6.07) is 32.2. The zero-order chi connectivity index (χ0) is 30.3. The lowest BCUT2D eigenvalue weighted by molar-refractivity contribution is -0.137. The van der Waals surface area contributed by atoms with Gasteiger partial charge >= 0.3 is 5.97 Å². The average molecular weight is 615 g/mol. The molecular weight excluding hydrogens is 590 g/mol. The maximum atomic E-state index is 13.6. The van der Waals surface area contributed by atoms with Crippen LogP contribution in [0.1, 0.15) is 28.4 Å². The van der Waals surface area contributed by atoms with Crippen LogP contribution in [-0.2, 0) is 4.79 Å². The molecule has 0 saturated heterocycles. The van der Waals surface area contributed by atoms with Gasteiger partial charge in [-0.1, -0.05) is 83.9 Å². The van der Waals surface area contributed by atoms with E-state index in [9.17, 15) is 19.1 Å². The van der Waals surface area contributed by atoms with Crippen LogP contribution in [0.25, 0.3) is 11.1 Å². The number of nitrogens with one attached hydrogen (secondary N) is 2. The zero-order valence-electron chi connectivity index (χ0n) is 22.6. The van der Waals surface area contributed by atoms with Gasteiger partial charge in [0.15, 0.2) is 0 Å². The van der Waals surface area contributed by atoms with Gasteiger partial charge in [0.1, 0.15) is 17.3 Å². The number of anilines is 2. The van der Waals surface area contributed by atoms with Crippen LogP contribution >= 0.6 is 23.2 Å². The smallest absolute Gasteiger partial charge is 0.305 e. The number of carbonyl (C=O) groups excluding carboxylic acids is 1. The predicted octanol–water partition coefficient (Wildman–Crippen LogP) is 9.28. The van der Waals surface area contributed by atoms with E-state index in [-0.39, 0.29) is 17.0 Å². The molecule has 1 atom stereocenters. The molecule has 216 valence electrons. The van der Waals surface area contributed by atoms with Gasteiger partial charge in [-0.3, -0.25) is 9.59 Å². The van der Waals surface area contributed by atoms with E-state index < -0.39 is 23.7 Å². The summed E-state index contributed by atoms with van der Waals surface area (Å²) >= 11 is 12.1. The minimum atomic E-state index is -1.08. The highest BCUT2D eigenvalue weighted by Crippen LogP contribution is 2.34. The fourth-order valence-electron chi connectivity index (χ4n) is 4.51. The third-order valence-electron chi connectivity index (χ3n) is 6.59. The Bertz CT molecular complexity index is 1770. The molecule has 5 aromatic carbocycles. The summed E-state index contributed by atoms with van der Waals surface area (Å²) in [7, 11) is 0. The number of carboxylic acid groups (broad SMARTS) is 1. The molecule has 0 aromatic heterocycles. The topological polar surface area (TPSA) is 87.7 Å². The summed E-state index contributed by atoms with van der Waals surface area (Å²) in [6.07, 6.45) is -0.351. The number of hydrogen-bond acceptors (Lipinski definition) is 4. The molecule has 0 radical (unpaired) electrons. The monoisotopic (exact) mass is 614 g/mol. The second-order valence-corrected chi connectivity index (χ2v) is 10.4. The second kappa shape index (κ2) is 13.4. The predicted molar refractivity (Wildman–Crippen MR) is 167 cm³/mol. The van der Waals surface area contributed by atoms with Crippen LogP contribution in [0.3, 0.4) is 0 Å². The van der Waals surface area contributed by atoms with Crippen molar-refractivity contribution in [2.75, 3.05) is 5.32 Å². The molecule has 43 heavy (non-hydrogen) atoms. The Morgan fingerprint density at radius 1 is 0.837 bits per heavy atom. The van der Waals surface area contributed by atoms with Gasteiger partial charge in [0.25, 0.3) is 5.91 Å². The van der Waals surface area contributed by atoms with Gasteiger partial charge in [-0.2, -0.15) is 0 Å². The van der Waals surface area contributed by atoms with Gasteiger partial charge in [0.2, 0.25) is 0 Å². The molecule has 0 saturated carbocycles.